The van der Waals surface area contributed by atoms with E-state index in [4.69, 9.17) is 4.74 Å². The molecule has 3 rings (SSSR count). The molecule has 2 N–H and O–H groups in total. The highest BCUT2D eigenvalue weighted by Crippen LogP contribution is 2.29. The molecule has 0 aliphatic carbocycles. The van der Waals surface area contributed by atoms with E-state index in [1.54, 1.807) is 6.07 Å². The monoisotopic (exact) mass is 494 g/mol. The number of alkyl halides is 2. The predicted octanol–water partition coefficient (Wildman–Crippen LogP) is 4.21. The number of carbonyl (C=O) groups excluding carboxylic acids is 1. The molecule has 0 unspecified atom stereocenters. The quantitative estimate of drug-likeness (QED) is 0.441. The molecule has 0 radical (unpaired) electrons. The number of methoxy groups -OCH3 is 1. The fraction of sp³-hybridized carbons (Fsp3) is 0.174. The van der Waals surface area contributed by atoms with E-state index in [0.717, 1.165) is 24.3 Å². The van der Waals surface area contributed by atoms with Crippen LogP contribution in [-0.4, -0.2) is 34.6 Å². The number of halogens is 3. The van der Waals surface area contributed by atoms with E-state index < -0.39 is 28.4 Å². The first-order valence-electron chi connectivity index (χ1n) is 9.96. The smallest absolute Gasteiger partial charge is 0.387 e. The third kappa shape index (κ3) is 6.64. The summed E-state index contributed by atoms with van der Waals surface area (Å²) in [5.74, 6) is -0.878. The number of ether oxygens (including phenoxy) is 2. The summed E-state index contributed by atoms with van der Waals surface area (Å²) in [5, 5.41) is 2.70. The van der Waals surface area contributed by atoms with Crippen molar-refractivity contribution in [1.29, 1.82) is 0 Å². The third-order valence-electron chi connectivity index (χ3n) is 4.67. The van der Waals surface area contributed by atoms with E-state index >= 15 is 0 Å². The summed E-state index contributed by atoms with van der Waals surface area (Å²) >= 11 is 0. The van der Waals surface area contributed by atoms with E-state index in [1.165, 1.54) is 43.5 Å². The SMILES string of the molecule is COc1ccc(CCNC(=O)c2ccc(NS(=O)(=O)c3ccc(F)cc3)cc2)cc1OC(F)F. The van der Waals surface area contributed by atoms with Crippen LogP contribution in [-0.2, 0) is 16.4 Å². The summed E-state index contributed by atoms with van der Waals surface area (Å²) in [6, 6.07) is 14.7. The molecule has 0 heterocycles. The van der Waals surface area contributed by atoms with E-state index in [-0.39, 0.29) is 28.6 Å². The summed E-state index contributed by atoms with van der Waals surface area (Å²) in [6.45, 7) is -2.77. The maximum atomic E-state index is 13.0. The van der Waals surface area contributed by atoms with Gasteiger partial charge in [0.05, 0.1) is 12.0 Å². The highest BCUT2D eigenvalue weighted by Gasteiger charge is 2.15. The number of carbonyl (C=O) groups is 1. The molecule has 0 spiro atoms. The average Bonchev–Trinajstić information content (AvgIpc) is 2.79. The lowest BCUT2D eigenvalue weighted by Crippen LogP contribution is -2.25. The molecule has 34 heavy (non-hydrogen) atoms. The van der Waals surface area contributed by atoms with E-state index in [9.17, 15) is 26.4 Å². The van der Waals surface area contributed by atoms with Crippen LogP contribution in [0.25, 0.3) is 0 Å². The Bertz CT molecular complexity index is 1230. The highest BCUT2D eigenvalue weighted by molar-refractivity contribution is 7.92. The van der Waals surface area contributed by atoms with Crippen molar-refractivity contribution in [2.24, 2.45) is 0 Å². The van der Waals surface area contributed by atoms with Crippen LogP contribution in [0, 0.1) is 5.82 Å². The Morgan fingerprint density at radius 3 is 2.26 bits per heavy atom. The van der Waals surface area contributed by atoms with E-state index in [2.05, 4.69) is 14.8 Å². The summed E-state index contributed by atoms with van der Waals surface area (Å²) < 4.78 is 74.6. The molecule has 11 heteroatoms. The maximum absolute atomic E-state index is 13.0. The summed E-state index contributed by atoms with van der Waals surface area (Å²) in [6.07, 6.45) is 0.352. The molecule has 0 atom stereocenters. The Morgan fingerprint density at radius 2 is 1.65 bits per heavy atom. The van der Waals surface area contributed by atoms with E-state index in [1.807, 2.05) is 0 Å². The van der Waals surface area contributed by atoms with Crippen molar-refractivity contribution < 1.29 is 35.9 Å². The van der Waals surface area contributed by atoms with Crippen LogP contribution in [0.2, 0.25) is 0 Å². The highest BCUT2D eigenvalue weighted by atomic mass is 32.2. The second kappa shape index (κ2) is 10.9. The minimum atomic E-state index is -3.91. The van der Waals surface area contributed by atoms with Crippen LogP contribution >= 0.6 is 0 Å². The molecule has 3 aromatic rings. The zero-order chi connectivity index (χ0) is 24.7. The van der Waals surface area contributed by atoms with Gasteiger partial charge < -0.3 is 14.8 Å². The molecular formula is C23H21F3N2O5S. The Labute approximate surface area is 194 Å². The van der Waals surface area contributed by atoms with Crippen molar-refractivity contribution >= 4 is 21.6 Å². The second-order valence-corrected chi connectivity index (χ2v) is 8.69. The molecule has 0 bridgehead atoms. The average molecular weight is 494 g/mol. The van der Waals surface area contributed by atoms with Gasteiger partial charge in [-0.05, 0) is 72.6 Å². The predicted molar refractivity (Wildman–Crippen MR) is 119 cm³/mol. The van der Waals surface area contributed by atoms with Gasteiger partial charge in [0.15, 0.2) is 11.5 Å². The minimum absolute atomic E-state index is 0.0972. The Kier molecular flexibility index (Phi) is 8.00. The summed E-state index contributed by atoms with van der Waals surface area (Å²) in [4.78, 5) is 12.3. The van der Waals surface area contributed by atoms with Gasteiger partial charge in [-0.2, -0.15) is 8.78 Å². The molecule has 1 amide bonds. The Morgan fingerprint density at radius 1 is 0.971 bits per heavy atom. The van der Waals surface area contributed by atoms with Crippen molar-refractivity contribution in [2.45, 2.75) is 17.9 Å². The van der Waals surface area contributed by atoms with Crippen molar-refractivity contribution in [3.05, 3.63) is 83.7 Å². The largest absolute Gasteiger partial charge is 0.493 e. The number of hydrogen-bond acceptors (Lipinski definition) is 5. The molecule has 0 saturated carbocycles. The molecule has 180 valence electrons. The molecule has 0 fully saturated rings. The normalized spacial score (nSPS) is 11.2. The molecule has 0 saturated heterocycles. The van der Waals surface area contributed by atoms with Gasteiger partial charge >= 0.3 is 6.61 Å². The summed E-state index contributed by atoms with van der Waals surface area (Å²) in [7, 11) is -2.57. The van der Waals surface area contributed by atoms with Crippen LogP contribution in [0.15, 0.2) is 71.6 Å². The lowest BCUT2D eigenvalue weighted by molar-refractivity contribution is -0.0512. The maximum Gasteiger partial charge on any atom is 0.387 e. The van der Waals surface area contributed by atoms with Crippen LogP contribution in [0.3, 0.4) is 0 Å². The first kappa shape index (κ1) is 24.9. The van der Waals surface area contributed by atoms with Crippen molar-refractivity contribution in [2.75, 3.05) is 18.4 Å². The van der Waals surface area contributed by atoms with E-state index in [0.29, 0.717) is 17.5 Å². The molecular weight excluding hydrogens is 473 g/mol. The zero-order valence-electron chi connectivity index (χ0n) is 17.9. The number of benzene rings is 3. The molecule has 7 nitrogen and oxygen atoms in total. The van der Waals surface area contributed by atoms with Crippen LogP contribution in [0.1, 0.15) is 15.9 Å². The molecule has 0 aromatic heterocycles. The number of rotatable bonds is 10. The minimum Gasteiger partial charge on any atom is -0.493 e. The van der Waals surface area contributed by atoms with Crippen LogP contribution < -0.4 is 19.5 Å². The number of hydrogen-bond donors (Lipinski definition) is 2. The van der Waals surface area contributed by atoms with Gasteiger partial charge in [0.1, 0.15) is 5.82 Å². The third-order valence-corrected chi connectivity index (χ3v) is 6.06. The lowest BCUT2D eigenvalue weighted by atomic mass is 10.1. The van der Waals surface area contributed by atoms with Gasteiger partial charge in [0, 0.05) is 17.8 Å². The van der Waals surface area contributed by atoms with Crippen molar-refractivity contribution in [3.8, 4) is 11.5 Å². The Hall–Kier alpha value is -3.73. The molecule has 0 aliphatic rings. The number of amides is 1. The van der Waals surface area contributed by atoms with Gasteiger partial charge in [0.2, 0.25) is 0 Å². The Balaban J connectivity index is 1.56. The van der Waals surface area contributed by atoms with Crippen molar-refractivity contribution in [1.82, 2.24) is 5.32 Å². The van der Waals surface area contributed by atoms with Gasteiger partial charge in [-0.1, -0.05) is 6.07 Å². The first-order chi connectivity index (χ1) is 16.2. The van der Waals surface area contributed by atoms with Crippen LogP contribution in [0.5, 0.6) is 11.5 Å². The van der Waals surface area contributed by atoms with Gasteiger partial charge in [-0.15, -0.1) is 0 Å². The van der Waals surface area contributed by atoms with Crippen molar-refractivity contribution in [3.63, 3.8) is 0 Å². The number of anilines is 1. The van der Waals surface area contributed by atoms with Gasteiger partial charge in [-0.25, -0.2) is 12.8 Å². The zero-order valence-corrected chi connectivity index (χ0v) is 18.7. The topological polar surface area (TPSA) is 93.7 Å². The van der Waals surface area contributed by atoms with Gasteiger partial charge in [0.25, 0.3) is 15.9 Å². The fourth-order valence-corrected chi connectivity index (χ4v) is 4.06. The molecule has 3 aromatic carbocycles. The first-order valence-corrected chi connectivity index (χ1v) is 11.4. The summed E-state index contributed by atoms with van der Waals surface area (Å²) in [5.41, 5.74) is 1.18. The fourth-order valence-electron chi connectivity index (χ4n) is 3.00. The lowest BCUT2D eigenvalue weighted by Gasteiger charge is -2.12. The molecule has 0 aliphatic heterocycles. The number of nitrogens with one attached hydrogen (secondary N) is 2. The number of sulfonamides is 1. The van der Waals surface area contributed by atoms with Gasteiger partial charge in [-0.3, -0.25) is 9.52 Å². The second-order valence-electron chi connectivity index (χ2n) is 7.01. The van der Waals surface area contributed by atoms with Crippen LogP contribution in [0.4, 0.5) is 18.9 Å². The standard InChI is InChI=1S/C23H21F3N2O5S/c1-32-20-11-2-15(14-21(20)33-23(25)26)12-13-27-22(29)16-3-7-18(8-4-16)28-34(30,31)19-9-5-17(24)6-10-19/h2-11,14,23,28H,12-13H2,1H3,(H,27,29).